The molecule has 1 atom stereocenters. The quantitative estimate of drug-likeness (QED) is 0.622. The van der Waals surface area contributed by atoms with Crippen molar-refractivity contribution in [1.29, 1.82) is 5.26 Å². The van der Waals surface area contributed by atoms with E-state index in [-0.39, 0.29) is 23.2 Å². The molecule has 0 saturated heterocycles. The third-order valence-corrected chi connectivity index (χ3v) is 5.89. The van der Waals surface area contributed by atoms with Gasteiger partial charge < -0.3 is 5.11 Å². The molecule has 0 spiro atoms. The zero-order chi connectivity index (χ0) is 20.2. The van der Waals surface area contributed by atoms with Crippen LogP contribution in [-0.4, -0.2) is 42.2 Å². The number of aliphatic hydroxyl groups is 1. The summed E-state index contributed by atoms with van der Waals surface area (Å²) in [7, 11) is -1.09. The van der Waals surface area contributed by atoms with Crippen LogP contribution in [0.25, 0.3) is 0 Å². The van der Waals surface area contributed by atoms with Crippen LogP contribution in [0.5, 0.6) is 0 Å². The summed E-state index contributed by atoms with van der Waals surface area (Å²) in [6.07, 6.45) is -1.05. The van der Waals surface area contributed by atoms with Gasteiger partial charge in [-0.1, -0.05) is 6.07 Å². The fourth-order valence-corrected chi connectivity index (χ4v) is 4.02. The van der Waals surface area contributed by atoms with Gasteiger partial charge in [0.25, 0.3) is 11.1 Å². The average Bonchev–Trinajstić information content (AvgIpc) is 3.10. The van der Waals surface area contributed by atoms with Crippen molar-refractivity contribution < 1.29 is 31.1 Å². The highest BCUT2D eigenvalue weighted by Gasteiger charge is 2.52. The number of rotatable bonds is 4. The van der Waals surface area contributed by atoms with Crippen LogP contribution in [0, 0.1) is 11.3 Å². The Morgan fingerprint density at radius 3 is 2.67 bits per heavy atom. The molecule has 3 rings (SSSR count). The molecule has 1 heterocycles. The Bertz CT molecular complexity index is 1060. The lowest BCUT2D eigenvalue weighted by atomic mass is 10.0. The summed E-state index contributed by atoms with van der Waals surface area (Å²) >= 11 is 0. The molecule has 2 aromatic rings. The van der Waals surface area contributed by atoms with Gasteiger partial charge in [-0.3, -0.25) is 4.68 Å². The van der Waals surface area contributed by atoms with E-state index in [9.17, 15) is 31.1 Å². The number of aromatic nitrogens is 2. The van der Waals surface area contributed by atoms with E-state index in [0.29, 0.717) is 6.07 Å². The highest BCUT2D eigenvalue weighted by atomic mass is 32.2. The molecule has 2 radical (unpaired) electrons. The van der Waals surface area contributed by atoms with Crippen molar-refractivity contribution in [2.45, 2.75) is 35.0 Å². The van der Waals surface area contributed by atoms with Gasteiger partial charge in [-0.2, -0.15) is 10.4 Å². The maximum atomic E-state index is 14.0. The molecule has 1 unspecified atom stereocenters. The molecule has 1 aliphatic carbocycles. The first kappa shape index (κ1) is 19.4. The molecule has 27 heavy (non-hydrogen) atoms. The zero-order valence-corrected chi connectivity index (χ0v) is 14.2. The maximum absolute atomic E-state index is 14.0. The Hall–Kier alpha value is -2.39. The molecule has 140 valence electrons. The van der Waals surface area contributed by atoms with E-state index in [4.69, 9.17) is 5.26 Å². The van der Waals surface area contributed by atoms with E-state index in [1.165, 1.54) is 17.1 Å². The number of alkyl halides is 4. The molecular weight excluding hydrogens is 389 g/mol. The minimum absolute atomic E-state index is 0.133. The number of hydrogen-bond acceptors (Lipinski definition) is 5. The fourth-order valence-electron chi connectivity index (χ4n) is 2.95. The number of halogens is 4. The lowest BCUT2D eigenvalue weighted by molar-refractivity contribution is -0.0976. The van der Waals surface area contributed by atoms with E-state index in [2.05, 4.69) is 12.9 Å². The third kappa shape index (κ3) is 3.10. The van der Waals surface area contributed by atoms with Crippen molar-refractivity contribution >= 4 is 17.7 Å². The molecule has 12 heteroatoms. The van der Waals surface area contributed by atoms with Crippen molar-refractivity contribution in [3.63, 3.8) is 0 Å². The van der Waals surface area contributed by atoms with Gasteiger partial charge in [-0.25, -0.2) is 26.0 Å². The Morgan fingerprint density at radius 1 is 1.44 bits per heavy atom. The summed E-state index contributed by atoms with van der Waals surface area (Å²) < 4.78 is 80.0. The second-order valence-electron chi connectivity index (χ2n) is 6.06. The van der Waals surface area contributed by atoms with Gasteiger partial charge in [0.2, 0.25) is 9.84 Å². The van der Waals surface area contributed by atoms with Gasteiger partial charge in [0.1, 0.15) is 12.2 Å². The van der Waals surface area contributed by atoms with Crippen molar-refractivity contribution in [2.24, 2.45) is 0 Å². The number of fused-ring (bicyclic) bond motifs is 1. The molecule has 0 saturated carbocycles. The topological polar surface area (TPSA) is 96.0 Å². The van der Waals surface area contributed by atoms with Crippen LogP contribution < -0.4 is 0 Å². The molecule has 0 amide bonds. The first-order valence-electron chi connectivity index (χ1n) is 7.43. The third-order valence-electron chi connectivity index (χ3n) is 4.24. The number of nitriles is 1. The Balaban J connectivity index is 2.17. The van der Waals surface area contributed by atoms with Crippen LogP contribution in [-0.2, 0) is 22.8 Å². The molecule has 1 N–H and O–H groups in total. The van der Waals surface area contributed by atoms with E-state index in [1.54, 1.807) is 0 Å². The van der Waals surface area contributed by atoms with Crippen LogP contribution in [0.4, 0.5) is 17.6 Å². The fraction of sp³-hybridized carbons (Fsp3) is 0.333. The van der Waals surface area contributed by atoms with Gasteiger partial charge >= 0.3 is 0 Å². The van der Waals surface area contributed by atoms with Gasteiger partial charge in [0, 0.05) is 18.2 Å². The molecule has 0 fully saturated rings. The molecule has 1 aliphatic rings. The first-order chi connectivity index (χ1) is 12.4. The summed E-state index contributed by atoms with van der Waals surface area (Å²) in [5.74, 6) is -3.74. The van der Waals surface area contributed by atoms with Crippen LogP contribution in [0.1, 0.15) is 28.4 Å². The summed E-state index contributed by atoms with van der Waals surface area (Å²) in [5, 5.41) is 17.8. The maximum Gasteiger partial charge on any atom is 0.299 e. The normalized spacial score (nSPS) is 18.9. The summed E-state index contributed by atoms with van der Waals surface area (Å²) in [4.78, 5) is -1.14. The summed E-state index contributed by atoms with van der Waals surface area (Å²) in [6, 6.07) is 3.63. The van der Waals surface area contributed by atoms with Crippen LogP contribution in [0.2, 0.25) is 0 Å². The lowest BCUT2D eigenvalue weighted by Crippen LogP contribution is -2.31. The predicted molar refractivity (Wildman–Crippen MR) is 84.0 cm³/mol. The Morgan fingerprint density at radius 2 is 2.11 bits per heavy atom. The second kappa shape index (κ2) is 6.07. The van der Waals surface area contributed by atoms with Crippen LogP contribution in [0.3, 0.4) is 0 Å². The van der Waals surface area contributed by atoms with E-state index in [0.717, 1.165) is 6.07 Å². The van der Waals surface area contributed by atoms with Gasteiger partial charge in [-0.15, -0.1) is 0 Å². The van der Waals surface area contributed by atoms with E-state index < -0.39 is 43.9 Å². The second-order valence-corrected chi connectivity index (χ2v) is 8.05. The zero-order valence-electron chi connectivity index (χ0n) is 13.4. The van der Waals surface area contributed by atoms with Gasteiger partial charge in [-0.05, 0) is 17.2 Å². The first-order valence-corrected chi connectivity index (χ1v) is 8.91. The van der Waals surface area contributed by atoms with Crippen molar-refractivity contribution in [3.05, 3.63) is 46.8 Å². The highest BCUT2D eigenvalue weighted by molar-refractivity contribution is 7.93. The standard InChI is InChI=1S/C15H10BF4N3O3S/c16-15(19,20)27(25,26)11-2-1-9(7-23-6-8(4-21)5-22-23)10-3-14(17,18)13(24)12(10)11/h1-2,5-6,13,24H,3,7H2. The lowest BCUT2D eigenvalue weighted by Gasteiger charge is -2.19. The van der Waals surface area contributed by atoms with Crippen molar-refractivity contribution in [3.8, 4) is 6.07 Å². The Kier molecular flexibility index (Phi) is 4.35. The number of aliphatic hydroxyl groups excluding tert-OH is 1. The highest BCUT2D eigenvalue weighted by Crippen LogP contribution is 2.48. The Labute approximate surface area is 152 Å². The molecule has 1 aromatic heterocycles. The minimum Gasteiger partial charge on any atom is -0.382 e. The van der Waals surface area contributed by atoms with Crippen LogP contribution in [0.15, 0.2) is 29.4 Å². The predicted octanol–water partition coefficient (Wildman–Crippen LogP) is 1.52. The summed E-state index contributed by atoms with van der Waals surface area (Å²) in [5.41, 5.74) is -0.714. The van der Waals surface area contributed by atoms with E-state index in [1.807, 2.05) is 6.07 Å². The van der Waals surface area contributed by atoms with Crippen LogP contribution >= 0.6 is 0 Å². The molecular formula is C15H10BF4N3O3S. The largest absolute Gasteiger partial charge is 0.382 e. The molecule has 0 bridgehead atoms. The number of nitrogens with zero attached hydrogens (tertiary/aromatic N) is 3. The van der Waals surface area contributed by atoms with Crippen molar-refractivity contribution in [1.82, 2.24) is 9.78 Å². The van der Waals surface area contributed by atoms with Gasteiger partial charge in [0.15, 0.2) is 7.85 Å². The SMILES string of the molecule is [B]C(F)(F)S(=O)(=O)c1ccc(Cn2cc(C#N)cn2)c2c1C(O)C(F)(F)C2. The smallest absolute Gasteiger partial charge is 0.299 e. The number of hydrogen-bond donors (Lipinski definition) is 1. The minimum atomic E-state index is -5.49. The van der Waals surface area contributed by atoms with Crippen molar-refractivity contribution in [2.75, 3.05) is 0 Å². The molecule has 1 aromatic carbocycles. The van der Waals surface area contributed by atoms with E-state index >= 15 is 0 Å². The summed E-state index contributed by atoms with van der Waals surface area (Å²) in [6.45, 7) is -0.133. The molecule has 6 nitrogen and oxygen atoms in total. The number of benzene rings is 1. The van der Waals surface area contributed by atoms with Gasteiger partial charge in [0.05, 0.1) is 23.2 Å². The molecule has 0 aliphatic heterocycles. The monoisotopic (exact) mass is 399 g/mol. The average molecular weight is 399 g/mol. The number of sulfone groups is 1.